The Morgan fingerprint density at radius 3 is 2.25 bits per heavy atom. The van der Waals surface area contributed by atoms with Crippen molar-refractivity contribution in [3.05, 3.63) is 35.9 Å². The number of amides is 2. The van der Waals surface area contributed by atoms with Gasteiger partial charge in [0.1, 0.15) is 6.04 Å². The van der Waals surface area contributed by atoms with Crippen molar-refractivity contribution < 1.29 is 9.59 Å². The standard InChI is InChI=1S/C16H24N2O2/c1-12(2)10-17-16(20)13(3)18(14(4)19)11-15-8-6-5-7-9-15/h5-9,12-13H,10-11H2,1-4H3,(H,17,20). The molecule has 1 aromatic rings. The molecule has 1 atom stereocenters. The van der Waals surface area contributed by atoms with Gasteiger partial charge in [0.15, 0.2) is 0 Å². The fourth-order valence-corrected chi connectivity index (χ4v) is 1.90. The molecule has 0 bridgehead atoms. The van der Waals surface area contributed by atoms with Crippen molar-refractivity contribution in [2.75, 3.05) is 6.54 Å². The Morgan fingerprint density at radius 2 is 1.75 bits per heavy atom. The van der Waals surface area contributed by atoms with Crippen LogP contribution in [0, 0.1) is 5.92 Å². The number of carbonyl (C=O) groups is 2. The first-order valence-corrected chi connectivity index (χ1v) is 7.00. The molecule has 0 saturated carbocycles. The van der Waals surface area contributed by atoms with Crippen molar-refractivity contribution >= 4 is 11.8 Å². The maximum Gasteiger partial charge on any atom is 0.242 e. The molecular formula is C16H24N2O2. The molecule has 110 valence electrons. The summed E-state index contributed by atoms with van der Waals surface area (Å²) in [6, 6.07) is 9.23. The van der Waals surface area contributed by atoms with Crippen LogP contribution in [0.5, 0.6) is 0 Å². The van der Waals surface area contributed by atoms with E-state index in [1.165, 1.54) is 6.92 Å². The van der Waals surface area contributed by atoms with E-state index in [4.69, 9.17) is 0 Å². The molecule has 0 spiro atoms. The number of carbonyl (C=O) groups excluding carboxylic acids is 2. The first-order chi connectivity index (χ1) is 9.41. The Labute approximate surface area is 121 Å². The Hall–Kier alpha value is -1.84. The third-order valence-corrected chi connectivity index (χ3v) is 3.13. The Bertz CT molecular complexity index is 443. The van der Waals surface area contributed by atoms with Gasteiger partial charge in [-0.15, -0.1) is 0 Å². The Morgan fingerprint density at radius 1 is 1.15 bits per heavy atom. The number of nitrogens with zero attached hydrogens (tertiary/aromatic N) is 1. The highest BCUT2D eigenvalue weighted by Gasteiger charge is 2.23. The average Bonchev–Trinajstić information content (AvgIpc) is 2.42. The molecule has 0 aliphatic rings. The zero-order valence-corrected chi connectivity index (χ0v) is 12.7. The lowest BCUT2D eigenvalue weighted by molar-refractivity contribution is -0.139. The van der Waals surface area contributed by atoms with Gasteiger partial charge < -0.3 is 10.2 Å². The third kappa shape index (κ3) is 5.03. The predicted molar refractivity (Wildman–Crippen MR) is 80.0 cm³/mol. The van der Waals surface area contributed by atoms with Crippen molar-refractivity contribution in [2.45, 2.75) is 40.3 Å². The minimum atomic E-state index is -0.466. The van der Waals surface area contributed by atoms with Crippen molar-refractivity contribution in [2.24, 2.45) is 5.92 Å². The van der Waals surface area contributed by atoms with Crippen LogP contribution in [0.3, 0.4) is 0 Å². The highest BCUT2D eigenvalue weighted by atomic mass is 16.2. The van der Waals surface area contributed by atoms with E-state index in [0.717, 1.165) is 5.56 Å². The van der Waals surface area contributed by atoms with Gasteiger partial charge in [-0.05, 0) is 18.4 Å². The van der Waals surface area contributed by atoms with Gasteiger partial charge in [0.05, 0.1) is 0 Å². The van der Waals surface area contributed by atoms with Crippen LogP contribution in [0.15, 0.2) is 30.3 Å². The quantitative estimate of drug-likeness (QED) is 0.866. The van der Waals surface area contributed by atoms with Crippen molar-refractivity contribution in [1.82, 2.24) is 10.2 Å². The van der Waals surface area contributed by atoms with E-state index < -0.39 is 6.04 Å². The molecule has 1 unspecified atom stereocenters. The fraction of sp³-hybridized carbons (Fsp3) is 0.500. The molecule has 0 aliphatic heterocycles. The normalized spacial score (nSPS) is 12.1. The molecule has 1 N–H and O–H groups in total. The average molecular weight is 276 g/mol. The van der Waals surface area contributed by atoms with E-state index in [1.54, 1.807) is 11.8 Å². The Balaban J connectivity index is 2.70. The molecule has 0 aliphatic carbocycles. The van der Waals surface area contributed by atoms with Crippen LogP contribution >= 0.6 is 0 Å². The van der Waals surface area contributed by atoms with E-state index in [9.17, 15) is 9.59 Å². The molecule has 4 nitrogen and oxygen atoms in total. The number of hydrogen-bond donors (Lipinski definition) is 1. The van der Waals surface area contributed by atoms with Gasteiger partial charge >= 0.3 is 0 Å². The van der Waals surface area contributed by atoms with Crippen molar-refractivity contribution in [3.63, 3.8) is 0 Å². The molecule has 20 heavy (non-hydrogen) atoms. The summed E-state index contributed by atoms with van der Waals surface area (Å²) < 4.78 is 0. The third-order valence-electron chi connectivity index (χ3n) is 3.13. The Kier molecular flexibility index (Phi) is 6.22. The summed E-state index contributed by atoms with van der Waals surface area (Å²) in [6.07, 6.45) is 0. The molecule has 0 radical (unpaired) electrons. The first-order valence-electron chi connectivity index (χ1n) is 7.00. The van der Waals surface area contributed by atoms with Crippen LogP contribution < -0.4 is 5.32 Å². The van der Waals surface area contributed by atoms with E-state index in [0.29, 0.717) is 19.0 Å². The van der Waals surface area contributed by atoms with Crippen LogP contribution in [-0.2, 0) is 16.1 Å². The molecule has 0 heterocycles. The zero-order valence-electron chi connectivity index (χ0n) is 12.7. The summed E-state index contributed by atoms with van der Waals surface area (Å²) in [5, 5.41) is 2.87. The van der Waals surface area contributed by atoms with Crippen molar-refractivity contribution in [1.29, 1.82) is 0 Å². The number of rotatable bonds is 6. The molecule has 2 amide bonds. The van der Waals surface area contributed by atoms with Crippen LogP contribution in [0.25, 0.3) is 0 Å². The summed E-state index contributed by atoms with van der Waals surface area (Å²) in [4.78, 5) is 25.4. The minimum Gasteiger partial charge on any atom is -0.354 e. The molecule has 1 aromatic carbocycles. The van der Waals surface area contributed by atoms with E-state index in [-0.39, 0.29) is 11.8 Å². The van der Waals surface area contributed by atoms with Gasteiger partial charge in [0.25, 0.3) is 0 Å². The number of benzene rings is 1. The molecule has 4 heteroatoms. The lowest BCUT2D eigenvalue weighted by atomic mass is 10.1. The summed E-state index contributed by atoms with van der Waals surface area (Å²) in [5.74, 6) is 0.192. The lowest BCUT2D eigenvalue weighted by Crippen LogP contribution is -2.47. The largest absolute Gasteiger partial charge is 0.354 e. The van der Waals surface area contributed by atoms with Gasteiger partial charge in [-0.1, -0.05) is 44.2 Å². The second-order valence-corrected chi connectivity index (χ2v) is 5.45. The van der Waals surface area contributed by atoms with E-state index >= 15 is 0 Å². The van der Waals surface area contributed by atoms with Crippen LogP contribution in [0.4, 0.5) is 0 Å². The van der Waals surface area contributed by atoms with E-state index in [1.807, 2.05) is 44.2 Å². The maximum absolute atomic E-state index is 12.1. The van der Waals surface area contributed by atoms with Crippen LogP contribution in [-0.4, -0.2) is 29.3 Å². The SMILES string of the molecule is CC(=O)N(Cc1ccccc1)C(C)C(=O)NCC(C)C. The maximum atomic E-state index is 12.1. The van der Waals surface area contributed by atoms with Gasteiger partial charge in [-0.3, -0.25) is 9.59 Å². The second kappa shape index (κ2) is 7.68. The number of hydrogen-bond acceptors (Lipinski definition) is 2. The molecular weight excluding hydrogens is 252 g/mol. The summed E-state index contributed by atoms with van der Waals surface area (Å²) in [5.41, 5.74) is 1.02. The van der Waals surface area contributed by atoms with Crippen LogP contribution in [0.1, 0.15) is 33.3 Å². The molecule has 0 aromatic heterocycles. The zero-order chi connectivity index (χ0) is 15.1. The second-order valence-electron chi connectivity index (χ2n) is 5.45. The summed E-state index contributed by atoms with van der Waals surface area (Å²) in [7, 11) is 0. The van der Waals surface area contributed by atoms with Gasteiger partial charge in [-0.2, -0.15) is 0 Å². The molecule has 0 saturated heterocycles. The monoisotopic (exact) mass is 276 g/mol. The minimum absolute atomic E-state index is 0.0962. The van der Waals surface area contributed by atoms with Crippen LogP contribution in [0.2, 0.25) is 0 Å². The smallest absolute Gasteiger partial charge is 0.242 e. The highest BCUT2D eigenvalue weighted by molar-refractivity contribution is 5.86. The molecule has 1 rings (SSSR count). The van der Waals surface area contributed by atoms with Gasteiger partial charge in [0, 0.05) is 20.0 Å². The topological polar surface area (TPSA) is 49.4 Å². The van der Waals surface area contributed by atoms with Crippen molar-refractivity contribution in [3.8, 4) is 0 Å². The predicted octanol–water partition coefficient (Wildman–Crippen LogP) is 2.20. The lowest BCUT2D eigenvalue weighted by Gasteiger charge is -2.27. The van der Waals surface area contributed by atoms with E-state index in [2.05, 4.69) is 5.32 Å². The number of nitrogens with one attached hydrogen (secondary N) is 1. The first kappa shape index (κ1) is 16.2. The molecule has 0 fully saturated rings. The fourth-order valence-electron chi connectivity index (χ4n) is 1.90. The highest BCUT2D eigenvalue weighted by Crippen LogP contribution is 2.09. The van der Waals surface area contributed by atoms with Gasteiger partial charge in [-0.25, -0.2) is 0 Å². The summed E-state index contributed by atoms with van der Waals surface area (Å²) >= 11 is 0. The summed E-state index contributed by atoms with van der Waals surface area (Å²) in [6.45, 7) is 8.41. The van der Waals surface area contributed by atoms with Gasteiger partial charge in [0.2, 0.25) is 11.8 Å².